The van der Waals surface area contributed by atoms with Crippen molar-refractivity contribution in [1.29, 1.82) is 0 Å². The Morgan fingerprint density at radius 3 is 2.37 bits per heavy atom. The minimum Gasteiger partial charge on any atom is -0.336 e. The Labute approximate surface area is 222 Å². The Morgan fingerprint density at radius 1 is 0.895 bits per heavy atom. The molecule has 192 valence electrons. The number of rotatable bonds is 5. The molecule has 0 radical (unpaired) electrons. The predicted molar refractivity (Wildman–Crippen MR) is 147 cm³/mol. The fourth-order valence-electron chi connectivity index (χ4n) is 5.21. The number of benzene rings is 2. The average molecular weight is 506 g/mol. The van der Waals surface area contributed by atoms with Crippen LogP contribution in [0.2, 0.25) is 0 Å². The third-order valence-corrected chi connectivity index (χ3v) is 7.46. The summed E-state index contributed by atoms with van der Waals surface area (Å²) in [6, 6.07) is 20.5. The topological polar surface area (TPSA) is 71.6 Å². The van der Waals surface area contributed by atoms with Crippen LogP contribution < -0.4 is 0 Å². The van der Waals surface area contributed by atoms with Crippen LogP contribution in [0, 0.1) is 20.8 Å². The zero-order valence-corrected chi connectivity index (χ0v) is 22.0. The van der Waals surface area contributed by atoms with Crippen molar-refractivity contribution in [3.63, 3.8) is 0 Å². The number of carbonyl (C=O) groups excluding carboxylic acids is 1. The van der Waals surface area contributed by atoms with Gasteiger partial charge in [-0.3, -0.25) is 9.69 Å². The van der Waals surface area contributed by atoms with Gasteiger partial charge in [0, 0.05) is 55.7 Å². The number of fused-ring (bicyclic) bond motifs is 1. The summed E-state index contributed by atoms with van der Waals surface area (Å²) in [5, 5.41) is 9.33. The van der Waals surface area contributed by atoms with Gasteiger partial charge in [-0.15, -0.1) is 0 Å². The number of aromatic nitrogens is 5. The Balaban J connectivity index is 1.16. The van der Waals surface area contributed by atoms with Gasteiger partial charge in [0.25, 0.3) is 5.91 Å². The van der Waals surface area contributed by atoms with Crippen LogP contribution in [0.1, 0.15) is 32.9 Å². The van der Waals surface area contributed by atoms with E-state index in [1.807, 2.05) is 33.8 Å². The number of nitrogens with zero attached hydrogens (tertiary/aromatic N) is 7. The molecule has 0 N–H and O–H groups in total. The molecule has 6 rings (SSSR count). The maximum absolute atomic E-state index is 13.5. The molecule has 1 fully saturated rings. The highest BCUT2D eigenvalue weighted by atomic mass is 16.2. The number of carbonyl (C=O) groups is 1. The van der Waals surface area contributed by atoms with Crippen LogP contribution in [-0.4, -0.2) is 66.3 Å². The van der Waals surface area contributed by atoms with E-state index < -0.39 is 0 Å². The van der Waals surface area contributed by atoms with E-state index >= 15 is 0 Å². The lowest BCUT2D eigenvalue weighted by atomic mass is 10.1. The number of amides is 1. The van der Waals surface area contributed by atoms with Crippen molar-refractivity contribution in [2.45, 2.75) is 27.3 Å². The third kappa shape index (κ3) is 4.37. The molecule has 3 aromatic heterocycles. The van der Waals surface area contributed by atoms with Crippen molar-refractivity contribution in [3.05, 3.63) is 101 Å². The molecule has 4 heterocycles. The molecule has 0 unspecified atom stereocenters. The first-order valence-corrected chi connectivity index (χ1v) is 13.0. The van der Waals surface area contributed by atoms with Gasteiger partial charge in [-0.25, -0.2) is 14.2 Å². The molecule has 1 amide bonds. The van der Waals surface area contributed by atoms with Gasteiger partial charge in [0.1, 0.15) is 5.56 Å². The largest absolute Gasteiger partial charge is 0.336 e. The average Bonchev–Trinajstić information content (AvgIpc) is 3.51. The fourth-order valence-corrected chi connectivity index (χ4v) is 5.21. The van der Waals surface area contributed by atoms with Gasteiger partial charge in [-0.05, 0) is 39.0 Å². The molecule has 0 atom stereocenters. The van der Waals surface area contributed by atoms with Crippen LogP contribution >= 0.6 is 0 Å². The highest BCUT2D eigenvalue weighted by Crippen LogP contribution is 2.24. The summed E-state index contributed by atoms with van der Waals surface area (Å²) < 4.78 is 3.79. The second-order valence-corrected chi connectivity index (χ2v) is 9.95. The number of hydrogen-bond acceptors (Lipinski definition) is 5. The summed E-state index contributed by atoms with van der Waals surface area (Å²) in [5.74, 6) is -0.0162. The maximum Gasteiger partial charge on any atom is 0.259 e. The lowest BCUT2D eigenvalue weighted by Gasteiger charge is -2.34. The van der Waals surface area contributed by atoms with Gasteiger partial charge in [0.15, 0.2) is 5.65 Å². The van der Waals surface area contributed by atoms with Crippen LogP contribution in [0.15, 0.2) is 73.1 Å². The molecule has 8 nitrogen and oxygen atoms in total. The molecular formula is C30H31N7O. The van der Waals surface area contributed by atoms with Gasteiger partial charge >= 0.3 is 0 Å². The van der Waals surface area contributed by atoms with E-state index in [2.05, 4.69) is 72.2 Å². The van der Waals surface area contributed by atoms with E-state index in [4.69, 9.17) is 5.10 Å². The second kappa shape index (κ2) is 9.87. The van der Waals surface area contributed by atoms with E-state index in [9.17, 15) is 4.79 Å². The number of piperazine rings is 1. The first-order valence-electron chi connectivity index (χ1n) is 13.0. The van der Waals surface area contributed by atoms with Crippen molar-refractivity contribution in [2.75, 3.05) is 26.2 Å². The summed E-state index contributed by atoms with van der Waals surface area (Å²) in [4.78, 5) is 22.3. The van der Waals surface area contributed by atoms with E-state index in [1.54, 1.807) is 16.9 Å². The summed E-state index contributed by atoms with van der Waals surface area (Å²) >= 11 is 0. The van der Waals surface area contributed by atoms with Crippen molar-refractivity contribution in [3.8, 4) is 16.9 Å². The van der Waals surface area contributed by atoms with Crippen LogP contribution in [0.25, 0.3) is 22.6 Å². The smallest absolute Gasteiger partial charge is 0.259 e. The van der Waals surface area contributed by atoms with Crippen molar-refractivity contribution in [1.82, 2.24) is 34.2 Å². The van der Waals surface area contributed by atoms with E-state index in [0.717, 1.165) is 48.0 Å². The predicted octanol–water partition coefficient (Wildman–Crippen LogP) is 4.47. The molecule has 0 bridgehead atoms. The van der Waals surface area contributed by atoms with Gasteiger partial charge in [-0.2, -0.15) is 10.2 Å². The van der Waals surface area contributed by atoms with Crippen molar-refractivity contribution >= 4 is 11.6 Å². The molecule has 0 saturated carbocycles. The first-order chi connectivity index (χ1) is 18.5. The van der Waals surface area contributed by atoms with Crippen LogP contribution in [-0.2, 0) is 6.54 Å². The van der Waals surface area contributed by atoms with Gasteiger partial charge in [0.2, 0.25) is 0 Å². The molecule has 1 aliphatic heterocycles. The minimum absolute atomic E-state index is 0.0162. The highest BCUT2D eigenvalue weighted by molar-refractivity contribution is 6.00. The molecule has 5 aromatic rings. The quantitative estimate of drug-likeness (QED) is 0.353. The molecule has 0 spiro atoms. The lowest BCUT2D eigenvalue weighted by molar-refractivity contribution is 0.0629. The van der Waals surface area contributed by atoms with E-state index in [1.165, 1.54) is 11.1 Å². The van der Waals surface area contributed by atoms with E-state index in [-0.39, 0.29) is 5.91 Å². The zero-order valence-electron chi connectivity index (χ0n) is 22.0. The normalized spacial score (nSPS) is 14.3. The van der Waals surface area contributed by atoms with Gasteiger partial charge in [0.05, 0.1) is 23.3 Å². The Bertz CT molecular complexity index is 1590. The first kappa shape index (κ1) is 24.1. The number of aryl methyl sites for hydroxylation is 2. The molecule has 1 saturated heterocycles. The monoisotopic (exact) mass is 505 g/mol. The molecule has 2 aromatic carbocycles. The number of para-hydroxylation sites is 1. The number of hydrogen-bond donors (Lipinski definition) is 0. The SMILES string of the molecule is Cc1ccc(-c2ccnc3c(C(=O)N4CCN(Cc5c(C)nn(-c6ccccc6)c5C)CC4)cnn23)cc1. The third-order valence-electron chi connectivity index (χ3n) is 7.46. The van der Waals surface area contributed by atoms with Crippen LogP contribution in [0.4, 0.5) is 0 Å². The Kier molecular flexibility index (Phi) is 6.25. The van der Waals surface area contributed by atoms with E-state index in [0.29, 0.717) is 24.3 Å². The summed E-state index contributed by atoms with van der Waals surface area (Å²) in [6.45, 7) is 10.0. The lowest BCUT2D eigenvalue weighted by Crippen LogP contribution is -2.48. The molecular weight excluding hydrogens is 474 g/mol. The van der Waals surface area contributed by atoms with Crippen molar-refractivity contribution < 1.29 is 4.79 Å². The second-order valence-electron chi connectivity index (χ2n) is 9.95. The standard InChI is InChI=1S/C30H31N7O/c1-21-9-11-24(12-10-21)28-13-14-31-29-26(19-32-37(28)29)30(38)35-17-15-34(16-18-35)20-27-22(2)33-36(23(27)3)25-7-5-4-6-8-25/h4-14,19H,15-18,20H2,1-3H3. The van der Waals surface area contributed by atoms with Gasteiger partial charge < -0.3 is 4.90 Å². The summed E-state index contributed by atoms with van der Waals surface area (Å²) in [6.07, 6.45) is 3.40. The minimum atomic E-state index is -0.0162. The molecule has 0 aliphatic carbocycles. The molecule has 1 aliphatic rings. The Hall–Kier alpha value is -4.30. The fraction of sp³-hybridized carbons (Fsp3) is 0.267. The molecule has 38 heavy (non-hydrogen) atoms. The summed E-state index contributed by atoms with van der Waals surface area (Å²) in [7, 11) is 0. The van der Waals surface area contributed by atoms with Gasteiger partial charge in [-0.1, -0.05) is 48.0 Å². The maximum atomic E-state index is 13.5. The van der Waals surface area contributed by atoms with Crippen LogP contribution in [0.3, 0.4) is 0 Å². The zero-order chi connectivity index (χ0) is 26.2. The highest BCUT2D eigenvalue weighted by Gasteiger charge is 2.26. The van der Waals surface area contributed by atoms with Crippen LogP contribution in [0.5, 0.6) is 0 Å². The van der Waals surface area contributed by atoms with Crippen molar-refractivity contribution in [2.24, 2.45) is 0 Å². The Morgan fingerprint density at radius 2 is 1.63 bits per heavy atom. The summed E-state index contributed by atoms with van der Waals surface area (Å²) in [5.41, 5.74) is 8.83. The molecule has 8 heteroatoms.